The highest BCUT2D eigenvalue weighted by atomic mass is 32.1. The van der Waals surface area contributed by atoms with Crippen LogP contribution in [0.15, 0.2) is 17.5 Å². The molecule has 4 rings (SSSR count). The van der Waals surface area contributed by atoms with Gasteiger partial charge in [0.2, 0.25) is 5.91 Å². The van der Waals surface area contributed by atoms with Crippen LogP contribution in [0.25, 0.3) is 0 Å². The molecule has 2 aromatic heterocycles. The van der Waals surface area contributed by atoms with Gasteiger partial charge in [0.1, 0.15) is 11.6 Å². The van der Waals surface area contributed by atoms with Crippen LogP contribution in [0, 0.1) is 6.92 Å². The van der Waals surface area contributed by atoms with Gasteiger partial charge in [-0.1, -0.05) is 6.07 Å². The van der Waals surface area contributed by atoms with Crippen molar-refractivity contribution < 1.29 is 9.53 Å². The van der Waals surface area contributed by atoms with Crippen molar-refractivity contribution in [1.82, 2.24) is 14.9 Å². The van der Waals surface area contributed by atoms with Crippen LogP contribution in [0.5, 0.6) is 0 Å². The van der Waals surface area contributed by atoms with Gasteiger partial charge in [0.25, 0.3) is 0 Å². The maximum Gasteiger partial charge on any atom is 0.228 e. The summed E-state index contributed by atoms with van der Waals surface area (Å²) in [6.07, 6.45) is 1.59. The van der Waals surface area contributed by atoms with Crippen molar-refractivity contribution in [3.05, 3.63) is 39.5 Å². The molecule has 27 heavy (non-hydrogen) atoms. The van der Waals surface area contributed by atoms with Crippen molar-refractivity contribution >= 4 is 23.1 Å². The lowest BCUT2D eigenvalue weighted by Crippen LogP contribution is -2.47. The molecule has 1 fully saturated rings. The highest BCUT2D eigenvalue weighted by molar-refractivity contribution is 7.10. The second-order valence-electron chi connectivity index (χ2n) is 7.50. The smallest absolute Gasteiger partial charge is 0.228 e. The van der Waals surface area contributed by atoms with Crippen molar-refractivity contribution in [3.63, 3.8) is 0 Å². The maximum absolute atomic E-state index is 12.8. The Bertz CT molecular complexity index is 814. The second kappa shape index (κ2) is 7.56. The Morgan fingerprint density at radius 2 is 2.07 bits per heavy atom. The monoisotopic (exact) mass is 386 g/mol. The van der Waals surface area contributed by atoms with Crippen molar-refractivity contribution in [2.75, 3.05) is 24.5 Å². The zero-order chi connectivity index (χ0) is 19.0. The molecule has 0 aliphatic carbocycles. The molecule has 7 heteroatoms. The van der Waals surface area contributed by atoms with E-state index in [0.717, 1.165) is 53.8 Å². The molecule has 0 radical (unpaired) electrons. The summed E-state index contributed by atoms with van der Waals surface area (Å²) in [5.74, 6) is 1.96. The standard InChI is InChI=1S/C20H26N4O2S/c1-13-10-24(11-14(2)26-13)20-17-12-23(7-6-18(17)21-15(3)22-20)19(25)9-16-5-4-8-27-16/h4-5,8,13-14H,6-7,9-12H2,1-3H3. The minimum absolute atomic E-state index is 0.167. The summed E-state index contributed by atoms with van der Waals surface area (Å²) in [5.41, 5.74) is 2.19. The number of hydrogen-bond acceptors (Lipinski definition) is 6. The van der Waals surface area contributed by atoms with E-state index < -0.39 is 0 Å². The van der Waals surface area contributed by atoms with Gasteiger partial charge in [-0.25, -0.2) is 9.97 Å². The molecule has 0 spiro atoms. The van der Waals surface area contributed by atoms with Crippen molar-refractivity contribution in [3.8, 4) is 0 Å². The van der Waals surface area contributed by atoms with Gasteiger partial charge in [-0.3, -0.25) is 4.79 Å². The SMILES string of the molecule is Cc1nc2c(c(N3CC(C)OC(C)C3)n1)CN(C(=O)Cc1cccs1)CC2. The van der Waals surface area contributed by atoms with Gasteiger partial charge >= 0.3 is 0 Å². The van der Waals surface area contributed by atoms with E-state index in [1.807, 2.05) is 29.3 Å². The normalized spacial score (nSPS) is 22.6. The van der Waals surface area contributed by atoms with Crippen LogP contribution in [0.4, 0.5) is 5.82 Å². The predicted molar refractivity (Wildman–Crippen MR) is 106 cm³/mol. The van der Waals surface area contributed by atoms with E-state index in [0.29, 0.717) is 13.0 Å². The summed E-state index contributed by atoms with van der Waals surface area (Å²) in [7, 11) is 0. The Kier molecular flexibility index (Phi) is 5.14. The molecule has 2 aliphatic rings. The average Bonchev–Trinajstić information content (AvgIpc) is 3.12. The Labute approximate surface area is 164 Å². The third-order valence-electron chi connectivity index (χ3n) is 5.13. The first-order chi connectivity index (χ1) is 13.0. The maximum atomic E-state index is 12.8. The first kappa shape index (κ1) is 18.4. The number of aromatic nitrogens is 2. The number of rotatable bonds is 3. The Balaban J connectivity index is 1.59. The van der Waals surface area contributed by atoms with Gasteiger partial charge in [-0.15, -0.1) is 11.3 Å². The molecule has 0 bridgehead atoms. The number of morpholine rings is 1. The van der Waals surface area contributed by atoms with E-state index in [1.165, 1.54) is 0 Å². The lowest BCUT2D eigenvalue weighted by atomic mass is 10.0. The van der Waals surface area contributed by atoms with E-state index >= 15 is 0 Å². The average molecular weight is 387 g/mol. The predicted octanol–water partition coefficient (Wildman–Crippen LogP) is 2.59. The molecule has 6 nitrogen and oxygen atoms in total. The van der Waals surface area contributed by atoms with Gasteiger partial charge in [-0.2, -0.15) is 0 Å². The van der Waals surface area contributed by atoms with Crippen LogP contribution in [0.3, 0.4) is 0 Å². The molecule has 2 aromatic rings. The fourth-order valence-corrected chi connectivity index (χ4v) is 4.71. The minimum atomic E-state index is 0.167. The Morgan fingerprint density at radius 3 is 2.78 bits per heavy atom. The zero-order valence-corrected chi connectivity index (χ0v) is 17.0. The molecule has 4 heterocycles. The Hall–Kier alpha value is -1.99. The lowest BCUT2D eigenvalue weighted by Gasteiger charge is -2.38. The molecule has 1 amide bonds. The van der Waals surface area contributed by atoms with Crippen LogP contribution in [-0.4, -0.2) is 52.6 Å². The van der Waals surface area contributed by atoms with Gasteiger partial charge < -0.3 is 14.5 Å². The van der Waals surface area contributed by atoms with E-state index in [2.05, 4.69) is 23.7 Å². The van der Waals surface area contributed by atoms with Crippen LogP contribution in [-0.2, 0) is 28.9 Å². The van der Waals surface area contributed by atoms with Crippen LogP contribution >= 0.6 is 11.3 Å². The molecule has 2 aliphatic heterocycles. The molecule has 144 valence electrons. The lowest BCUT2D eigenvalue weighted by molar-refractivity contribution is -0.131. The van der Waals surface area contributed by atoms with E-state index in [4.69, 9.17) is 9.72 Å². The van der Waals surface area contributed by atoms with Crippen molar-refractivity contribution in [1.29, 1.82) is 0 Å². The van der Waals surface area contributed by atoms with Gasteiger partial charge in [0.15, 0.2) is 0 Å². The summed E-state index contributed by atoms with van der Waals surface area (Å²) in [5, 5.41) is 2.02. The number of ether oxygens (including phenoxy) is 1. The quantitative estimate of drug-likeness (QED) is 0.812. The highest BCUT2D eigenvalue weighted by Crippen LogP contribution is 2.29. The first-order valence-corrected chi connectivity index (χ1v) is 10.4. The zero-order valence-electron chi connectivity index (χ0n) is 16.1. The molecule has 0 aromatic carbocycles. The number of carbonyl (C=O) groups excluding carboxylic acids is 1. The van der Waals surface area contributed by atoms with E-state index in [-0.39, 0.29) is 18.1 Å². The molecular formula is C20H26N4O2S. The van der Waals surface area contributed by atoms with E-state index in [1.54, 1.807) is 11.3 Å². The topological polar surface area (TPSA) is 58.6 Å². The molecule has 2 unspecified atom stereocenters. The number of thiophene rings is 1. The summed E-state index contributed by atoms with van der Waals surface area (Å²) >= 11 is 1.63. The van der Waals surface area contributed by atoms with Gasteiger partial charge in [0, 0.05) is 36.5 Å². The van der Waals surface area contributed by atoms with Crippen molar-refractivity contribution in [2.24, 2.45) is 0 Å². The number of carbonyl (C=O) groups is 1. The summed E-state index contributed by atoms with van der Waals surface area (Å²) in [6, 6.07) is 4.02. The molecule has 1 saturated heterocycles. The van der Waals surface area contributed by atoms with Gasteiger partial charge in [-0.05, 0) is 32.2 Å². The largest absolute Gasteiger partial charge is 0.372 e. The number of fused-ring (bicyclic) bond motifs is 1. The van der Waals surface area contributed by atoms with Crippen molar-refractivity contribution in [2.45, 2.75) is 52.4 Å². The molecule has 2 atom stereocenters. The van der Waals surface area contributed by atoms with Crippen LogP contribution in [0.2, 0.25) is 0 Å². The van der Waals surface area contributed by atoms with E-state index in [9.17, 15) is 4.79 Å². The molecule has 0 N–H and O–H groups in total. The summed E-state index contributed by atoms with van der Waals surface area (Å²) < 4.78 is 5.88. The highest BCUT2D eigenvalue weighted by Gasteiger charge is 2.30. The minimum Gasteiger partial charge on any atom is -0.372 e. The van der Waals surface area contributed by atoms with Gasteiger partial charge in [0.05, 0.1) is 30.9 Å². The fourth-order valence-electron chi connectivity index (χ4n) is 4.02. The number of hydrogen-bond donors (Lipinski definition) is 0. The first-order valence-electron chi connectivity index (χ1n) is 9.56. The number of nitrogens with zero attached hydrogens (tertiary/aromatic N) is 4. The summed E-state index contributed by atoms with van der Waals surface area (Å²) in [6.45, 7) is 9.09. The Morgan fingerprint density at radius 1 is 1.30 bits per heavy atom. The van der Waals surface area contributed by atoms with Crippen LogP contribution < -0.4 is 4.90 Å². The second-order valence-corrected chi connectivity index (χ2v) is 8.54. The third-order valence-corrected chi connectivity index (χ3v) is 6.00. The molecule has 0 saturated carbocycles. The molecular weight excluding hydrogens is 360 g/mol. The number of aryl methyl sites for hydroxylation is 1. The summed E-state index contributed by atoms with van der Waals surface area (Å²) in [4.78, 5) is 27.6. The number of anilines is 1. The van der Waals surface area contributed by atoms with Crippen LogP contribution in [0.1, 0.15) is 35.8 Å². The fraction of sp³-hybridized carbons (Fsp3) is 0.550. The number of amides is 1. The third kappa shape index (κ3) is 3.99.